The molecular formula is C33H44N2O4. The highest BCUT2D eigenvalue weighted by Gasteiger charge is 2.58. The Balaban J connectivity index is 1.56. The number of nitrogens with one attached hydrogen (secondary N) is 1. The molecule has 2 aliphatic carbocycles. The van der Waals surface area contributed by atoms with Crippen LogP contribution in [-0.2, 0) is 16.1 Å². The highest BCUT2D eigenvalue weighted by Crippen LogP contribution is 2.49. The second-order valence-corrected chi connectivity index (χ2v) is 12.9. The third-order valence-corrected chi connectivity index (χ3v) is 9.15. The number of carboxylic acids is 1. The molecule has 6 heteroatoms. The first-order valence-corrected chi connectivity index (χ1v) is 14.7. The van der Waals surface area contributed by atoms with E-state index in [1.54, 1.807) is 12.0 Å². The molecule has 5 rings (SSSR count). The van der Waals surface area contributed by atoms with Gasteiger partial charge in [0.25, 0.3) is 0 Å². The van der Waals surface area contributed by atoms with Crippen LogP contribution in [0.15, 0.2) is 48.5 Å². The van der Waals surface area contributed by atoms with Gasteiger partial charge in [-0.05, 0) is 54.2 Å². The van der Waals surface area contributed by atoms with Crippen LogP contribution in [0.5, 0.6) is 5.75 Å². The first-order chi connectivity index (χ1) is 18.7. The minimum atomic E-state index is -0.919. The van der Waals surface area contributed by atoms with Gasteiger partial charge in [0, 0.05) is 30.0 Å². The Bertz CT molecular complexity index is 1160. The lowest BCUT2D eigenvalue weighted by molar-refractivity contribution is -0.154. The number of methoxy groups -OCH3 is 1. The number of nitrogens with zero attached hydrogens (tertiary/aromatic N) is 1. The van der Waals surface area contributed by atoms with Gasteiger partial charge in [-0.15, -0.1) is 0 Å². The molecule has 0 bridgehead atoms. The van der Waals surface area contributed by atoms with Crippen LogP contribution in [0.3, 0.4) is 0 Å². The van der Waals surface area contributed by atoms with Crippen LogP contribution in [0, 0.1) is 17.3 Å². The Hall–Kier alpha value is -2.86. The quantitative estimate of drug-likeness (QED) is 0.417. The fourth-order valence-corrected chi connectivity index (χ4v) is 7.12. The zero-order valence-electron chi connectivity index (χ0n) is 23.9. The van der Waals surface area contributed by atoms with Crippen molar-refractivity contribution in [1.82, 2.24) is 10.2 Å². The Morgan fingerprint density at radius 1 is 0.974 bits per heavy atom. The van der Waals surface area contributed by atoms with E-state index in [0.717, 1.165) is 49.0 Å². The molecule has 1 amide bonds. The van der Waals surface area contributed by atoms with Gasteiger partial charge in [-0.3, -0.25) is 4.79 Å². The number of carboxylic acid groups (broad SMARTS) is 1. The molecule has 0 radical (unpaired) electrons. The SMILES string of the molecule is COc1ccc(C2CC2)cc1CN[C@H]1[C@H](C(C)(C)C)[C@@H](C(=O)O)N(C(=O)C2CCCCC2)[C@H]1c1ccccc1. The summed E-state index contributed by atoms with van der Waals surface area (Å²) in [5.41, 5.74) is 3.04. The summed E-state index contributed by atoms with van der Waals surface area (Å²) in [6, 6.07) is 15.0. The molecule has 6 nitrogen and oxygen atoms in total. The average Bonchev–Trinajstić information content (AvgIpc) is 3.72. The minimum absolute atomic E-state index is 0.00261. The van der Waals surface area contributed by atoms with Crippen LogP contribution in [0.25, 0.3) is 0 Å². The van der Waals surface area contributed by atoms with Crippen molar-refractivity contribution in [2.24, 2.45) is 17.3 Å². The van der Waals surface area contributed by atoms with Crippen LogP contribution in [0.1, 0.15) is 94.4 Å². The van der Waals surface area contributed by atoms with E-state index in [2.05, 4.69) is 38.2 Å². The molecular weight excluding hydrogens is 488 g/mol. The van der Waals surface area contributed by atoms with Gasteiger partial charge in [-0.2, -0.15) is 0 Å². The highest BCUT2D eigenvalue weighted by atomic mass is 16.5. The van der Waals surface area contributed by atoms with E-state index in [0.29, 0.717) is 12.5 Å². The molecule has 3 aliphatic rings. The van der Waals surface area contributed by atoms with Crippen molar-refractivity contribution in [3.63, 3.8) is 0 Å². The molecule has 2 saturated carbocycles. The normalized spacial score (nSPS) is 26.0. The van der Waals surface area contributed by atoms with E-state index >= 15 is 0 Å². The van der Waals surface area contributed by atoms with Crippen LogP contribution < -0.4 is 10.1 Å². The van der Waals surface area contributed by atoms with Crippen molar-refractivity contribution in [2.45, 2.75) is 96.3 Å². The topological polar surface area (TPSA) is 78.9 Å². The number of hydrogen-bond donors (Lipinski definition) is 2. The van der Waals surface area contributed by atoms with E-state index in [-0.39, 0.29) is 35.2 Å². The predicted molar refractivity (Wildman–Crippen MR) is 153 cm³/mol. The minimum Gasteiger partial charge on any atom is -0.496 e. The number of amides is 1. The molecule has 1 saturated heterocycles. The monoisotopic (exact) mass is 532 g/mol. The first kappa shape index (κ1) is 27.7. The molecule has 4 atom stereocenters. The molecule has 39 heavy (non-hydrogen) atoms. The maximum Gasteiger partial charge on any atom is 0.326 e. The van der Waals surface area contributed by atoms with Gasteiger partial charge in [-0.1, -0.05) is 82.5 Å². The Morgan fingerprint density at radius 2 is 1.67 bits per heavy atom. The summed E-state index contributed by atoms with van der Waals surface area (Å²) >= 11 is 0. The van der Waals surface area contributed by atoms with Gasteiger partial charge >= 0.3 is 5.97 Å². The molecule has 1 aliphatic heterocycles. The maximum absolute atomic E-state index is 14.2. The van der Waals surface area contributed by atoms with E-state index in [9.17, 15) is 14.7 Å². The van der Waals surface area contributed by atoms with Crippen molar-refractivity contribution < 1.29 is 19.4 Å². The summed E-state index contributed by atoms with van der Waals surface area (Å²) in [6.07, 6.45) is 7.33. The second kappa shape index (κ2) is 11.3. The Labute approximate surface area is 233 Å². The van der Waals surface area contributed by atoms with E-state index in [1.807, 2.05) is 36.4 Å². The van der Waals surface area contributed by atoms with E-state index in [4.69, 9.17) is 4.74 Å². The molecule has 0 spiro atoms. The summed E-state index contributed by atoms with van der Waals surface area (Å²) in [7, 11) is 1.70. The summed E-state index contributed by atoms with van der Waals surface area (Å²) < 4.78 is 5.72. The van der Waals surface area contributed by atoms with E-state index in [1.165, 1.54) is 18.4 Å². The zero-order chi connectivity index (χ0) is 27.7. The fourth-order valence-electron chi connectivity index (χ4n) is 7.12. The van der Waals surface area contributed by atoms with Gasteiger partial charge < -0.3 is 20.1 Å². The third-order valence-electron chi connectivity index (χ3n) is 9.15. The lowest BCUT2D eigenvalue weighted by Gasteiger charge is -2.36. The Kier molecular flexibility index (Phi) is 8.04. The number of benzene rings is 2. The van der Waals surface area contributed by atoms with E-state index < -0.39 is 12.0 Å². The van der Waals surface area contributed by atoms with Gasteiger partial charge in [0.2, 0.25) is 5.91 Å². The lowest BCUT2D eigenvalue weighted by atomic mass is 9.72. The van der Waals surface area contributed by atoms with Crippen molar-refractivity contribution in [2.75, 3.05) is 7.11 Å². The molecule has 2 N–H and O–H groups in total. The number of hydrogen-bond acceptors (Lipinski definition) is 4. The third kappa shape index (κ3) is 5.72. The van der Waals surface area contributed by atoms with Crippen molar-refractivity contribution in [1.29, 1.82) is 0 Å². The van der Waals surface area contributed by atoms with Crippen molar-refractivity contribution in [3.8, 4) is 5.75 Å². The molecule has 0 unspecified atom stereocenters. The van der Waals surface area contributed by atoms with Crippen molar-refractivity contribution in [3.05, 3.63) is 65.2 Å². The summed E-state index contributed by atoms with van der Waals surface area (Å²) in [6.45, 7) is 6.86. The summed E-state index contributed by atoms with van der Waals surface area (Å²) in [5.74, 6) is 0.145. The van der Waals surface area contributed by atoms with Crippen LogP contribution in [0.4, 0.5) is 0 Å². The maximum atomic E-state index is 14.2. The number of carbonyl (C=O) groups is 2. The number of rotatable bonds is 8. The second-order valence-electron chi connectivity index (χ2n) is 12.9. The van der Waals surface area contributed by atoms with Crippen molar-refractivity contribution >= 4 is 11.9 Å². The standard InChI is InChI=1S/C33H44N2O4/c1-33(2,3)27-28(34-20-25-19-24(21-15-16-21)17-18-26(25)39-4)29(22-11-7-5-8-12-22)35(30(27)32(37)38)31(36)23-13-9-6-10-14-23/h5,7-8,11-12,17-19,21,23,27-30,34H,6,9-10,13-16,20H2,1-4H3,(H,37,38)/t27-,28-,29-,30-/m0/s1. The highest BCUT2D eigenvalue weighted by molar-refractivity contribution is 5.87. The van der Waals surface area contributed by atoms with Crippen LogP contribution >= 0.6 is 0 Å². The Morgan fingerprint density at radius 3 is 2.26 bits per heavy atom. The number of carbonyl (C=O) groups excluding carboxylic acids is 1. The largest absolute Gasteiger partial charge is 0.496 e. The van der Waals surface area contributed by atoms with Gasteiger partial charge in [0.05, 0.1) is 13.2 Å². The fraction of sp³-hybridized carbons (Fsp3) is 0.576. The molecule has 3 fully saturated rings. The smallest absolute Gasteiger partial charge is 0.326 e. The molecule has 0 aromatic heterocycles. The molecule has 2 aromatic rings. The van der Waals surface area contributed by atoms with Crippen LogP contribution in [-0.4, -0.2) is 41.1 Å². The molecule has 1 heterocycles. The lowest BCUT2D eigenvalue weighted by Crippen LogP contribution is -2.49. The molecule has 2 aromatic carbocycles. The average molecular weight is 533 g/mol. The number of ether oxygens (including phenoxy) is 1. The summed E-state index contributed by atoms with van der Waals surface area (Å²) in [4.78, 5) is 29.0. The summed E-state index contributed by atoms with van der Waals surface area (Å²) in [5, 5.41) is 14.5. The first-order valence-electron chi connectivity index (χ1n) is 14.7. The van der Waals surface area contributed by atoms with Gasteiger partial charge in [-0.25, -0.2) is 4.79 Å². The predicted octanol–water partition coefficient (Wildman–Crippen LogP) is 6.31. The molecule has 210 valence electrons. The zero-order valence-corrected chi connectivity index (χ0v) is 23.9. The van der Waals surface area contributed by atoms with Gasteiger partial charge in [0.15, 0.2) is 0 Å². The van der Waals surface area contributed by atoms with Gasteiger partial charge in [0.1, 0.15) is 11.8 Å². The number of aliphatic carboxylic acids is 1. The van der Waals surface area contributed by atoms with Crippen LogP contribution in [0.2, 0.25) is 0 Å². The number of likely N-dealkylation sites (tertiary alicyclic amines) is 1.